The fourth-order valence-corrected chi connectivity index (χ4v) is 1.66. The van der Waals surface area contributed by atoms with Gasteiger partial charge in [-0.1, -0.05) is 0 Å². The first-order valence-corrected chi connectivity index (χ1v) is 7.19. The van der Waals surface area contributed by atoms with Crippen LogP contribution in [0.15, 0.2) is 36.0 Å². The van der Waals surface area contributed by atoms with Crippen LogP contribution in [0.2, 0.25) is 0 Å². The second kappa shape index (κ2) is 9.42. The van der Waals surface area contributed by atoms with Crippen molar-refractivity contribution in [3.63, 3.8) is 0 Å². The zero-order valence-corrected chi connectivity index (χ0v) is 12.9. The highest BCUT2D eigenvalue weighted by molar-refractivity contribution is 6.17. The van der Waals surface area contributed by atoms with Gasteiger partial charge in [0, 0.05) is 36.9 Å². The summed E-state index contributed by atoms with van der Waals surface area (Å²) in [5.41, 5.74) is 1.13. The molecule has 0 saturated carbocycles. The Labute approximate surface area is 134 Å². The van der Waals surface area contributed by atoms with Gasteiger partial charge in [0.15, 0.2) is 0 Å². The molecule has 0 atom stereocenters. The van der Waals surface area contributed by atoms with Gasteiger partial charge in [0.2, 0.25) is 5.91 Å². The minimum Gasteiger partial charge on any atom is -0.390 e. The van der Waals surface area contributed by atoms with Crippen molar-refractivity contribution in [1.29, 1.82) is 5.26 Å². The maximum atomic E-state index is 11.9. The number of alkyl halides is 1. The van der Waals surface area contributed by atoms with Crippen molar-refractivity contribution in [2.75, 3.05) is 23.1 Å². The molecule has 1 rings (SSSR count). The van der Waals surface area contributed by atoms with Crippen molar-refractivity contribution in [2.24, 2.45) is 0 Å². The van der Waals surface area contributed by atoms with Crippen molar-refractivity contribution in [1.82, 2.24) is 5.32 Å². The standard InChI is InChI=1S/C15H17ClN4O2/c1-11(21)19-13-3-5-14(6-4-13)20-15(22)12(9-17)10-18-8-2-7-16/h3-6,10,18H,2,7-8H2,1H3,(H,19,21)(H,20,22)/b12-10-. The number of rotatable bonds is 7. The number of halogens is 1. The van der Waals surface area contributed by atoms with Crippen molar-refractivity contribution < 1.29 is 9.59 Å². The number of benzene rings is 1. The molecule has 1 aromatic carbocycles. The Morgan fingerprint density at radius 2 is 1.82 bits per heavy atom. The van der Waals surface area contributed by atoms with Gasteiger partial charge in [-0.05, 0) is 30.7 Å². The molecule has 0 aliphatic rings. The summed E-state index contributed by atoms with van der Waals surface area (Å²) in [6.07, 6.45) is 2.11. The SMILES string of the molecule is CC(=O)Nc1ccc(NC(=O)/C(C#N)=C\NCCCCl)cc1. The molecule has 116 valence electrons. The third-order valence-corrected chi connectivity index (χ3v) is 2.80. The predicted octanol–water partition coefficient (Wildman–Crippen LogP) is 2.21. The van der Waals surface area contributed by atoms with E-state index in [0.29, 0.717) is 23.8 Å². The fourth-order valence-electron chi connectivity index (χ4n) is 1.53. The molecule has 22 heavy (non-hydrogen) atoms. The smallest absolute Gasteiger partial charge is 0.267 e. The van der Waals surface area contributed by atoms with E-state index < -0.39 is 5.91 Å². The number of anilines is 2. The Hall–Kier alpha value is -2.52. The number of carbonyl (C=O) groups excluding carboxylic acids is 2. The fraction of sp³-hybridized carbons (Fsp3) is 0.267. The van der Waals surface area contributed by atoms with Gasteiger partial charge in [0.25, 0.3) is 5.91 Å². The van der Waals surface area contributed by atoms with Gasteiger partial charge in [-0.3, -0.25) is 9.59 Å². The van der Waals surface area contributed by atoms with E-state index in [-0.39, 0.29) is 11.5 Å². The minimum absolute atomic E-state index is 0.0273. The van der Waals surface area contributed by atoms with Crippen LogP contribution >= 0.6 is 11.6 Å². The summed E-state index contributed by atoms with van der Waals surface area (Å²) < 4.78 is 0. The number of amides is 2. The third kappa shape index (κ3) is 6.29. The van der Waals surface area contributed by atoms with Crippen LogP contribution in [0.3, 0.4) is 0 Å². The van der Waals surface area contributed by atoms with E-state index >= 15 is 0 Å². The predicted molar refractivity (Wildman–Crippen MR) is 86.4 cm³/mol. The molecule has 7 heteroatoms. The first-order valence-electron chi connectivity index (χ1n) is 6.65. The monoisotopic (exact) mass is 320 g/mol. The summed E-state index contributed by atoms with van der Waals surface area (Å²) in [7, 11) is 0. The number of nitriles is 1. The molecule has 0 aliphatic carbocycles. The molecule has 6 nitrogen and oxygen atoms in total. The van der Waals surface area contributed by atoms with Gasteiger partial charge in [0.05, 0.1) is 0 Å². The highest BCUT2D eigenvalue weighted by Gasteiger charge is 2.09. The van der Waals surface area contributed by atoms with Crippen LogP contribution in [0.5, 0.6) is 0 Å². The van der Waals surface area contributed by atoms with Crippen LogP contribution in [0.4, 0.5) is 11.4 Å². The highest BCUT2D eigenvalue weighted by Crippen LogP contribution is 2.14. The summed E-state index contributed by atoms with van der Waals surface area (Å²) >= 11 is 5.53. The molecule has 0 unspecified atom stereocenters. The second-order valence-corrected chi connectivity index (χ2v) is 4.76. The van der Waals surface area contributed by atoms with E-state index in [2.05, 4.69) is 16.0 Å². The Kier molecular flexibility index (Phi) is 7.51. The van der Waals surface area contributed by atoms with Crippen LogP contribution in [0, 0.1) is 11.3 Å². The molecular weight excluding hydrogens is 304 g/mol. The van der Waals surface area contributed by atoms with Crippen molar-refractivity contribution in [3.05, 3.63) is 36.0 Å². The largest absolute Gasteiger partial charge is 0.390 e. The van der Waals surface area contributed by atoms with Gasteiger partial charge < -0.3 is 16.0 Å². The number of hydrogen-bond donors (Lipinski definition) is 3. The van der Waals surface area contributed by atoms with E-state index in [1.165, 1.54) is 13.1 Å². The number of nitrogens with zero attached hydrogens (tertiary/aromatic N) is 1. The van der Waals surface area contributed by atoms with E-state index in [1.54, 1.807) is 24.3 Å². The van der Waals surface area contributed by atoms with E-state index in [9.17, 15) is 9.59 Å². The summed E-state index contributed by atoms with van der Waals surface area (Å²) in [5.74, 6) is -0.169. The molecule has 0 heterocycles. The van der Waals surface area contributed by atoms with E-state index in [1.807, 2.05) is 6.07 Å². The Bertz CT molecular complexity index is 591. The number of carbonyl (C=O) groups is 2. The summed E-state index contributed by atoms with van der Waals surface area (Å²) in [5, 5.41) is 17.1. The van der Waals surface area contributed by atoms with Crippen molar-refractivity contribution in [2.45, 2.75) is 13.3 Å². The van der Waals surface area contributed by atoms with Gasteiger partial charge in [-0.2, -0.15) is 5.26 Å². The van der Waals surface area contributed by atoms with Gasteiger partial charge in [-0.15, -0.1) is 11.6 Å². The normalized spacial score (nSPS) is 10.5. The van der Waals surface area contributed by atoms with Gasteiger partial charge in [-0.25, -0.2) is 0 Å². The molecule has 0 aliphatic heterocycles. The maximum Gasteiger partial charge on any atom is 0.267 e. The van der Waals surface area contributed by atoms with Crippen molar-refractivity contribution >= 4 is 34.8 Å². The summed E-state index contributed by atoms with van der Waals surface area (Å²) in [6.45, 7) is 2.00. The van der Waals surface area contributed by atoms with Crippen LogP contribution < -0.4 is 16.0 Å². The molecule has 0 radical (unpaired) electrons. The first-order chi connectivity index (χ1) is 10.6. The molecule has 0 fully saturated rings. The van der Waals surface area contributed by atoms with Crippen LogP contribution in [-0.4, -0.2) is 24.2 Å². The summed E-state index contributed by atoms with van der Waals surface area (Å²) in [4.78, 5) is 22.8. The quantitative estimate of drug-likeness (QED) is 0.311. The van der Waals surface area contributed by atoms with E-state index in [0.717, 1.165) is 6.42 Å². The second-order valence-electron chi connectivity index (χ2n) is 4.38. The summed E-state index contributed by atoms with van der Waals surface area (Å²) in [6, 6.07) is 8.43. The zero-order valence-electron chi connectivity index (χ0n) is 12.1. The average Bonchev–Trinajstić information content (AvgIpc) is 2.49. The lowest BCUT2D eigenvalue weighted by Gasteiger charge is -2.06. The van der Waals surface area contributed by atoms with E-state index in [4.69, 9.17) is 16.9 Å². The van der Waals surface area contributed by atoms with Crippen LogP contribution in [0.25, 0.3) is 0 Å². The minimum atomic E-state index is -0.506. The zero-order chi connectivity index (χ0) is 16.4. The van der Waals surface area contributed by atoms with Gasteiger partial charge in [0.1, 0.15) is 11.6 Å². The molecular formula is C15H17ClN4O2. The molecule has 0 spiro atoms. The Morgan fingerprint density at radius 3 is 2.32 bits per heavy atom. The number of nitrogens with one attached hydrogen (secondary N) is 3. The van der Waals surface area contributed by atoms with Crippen molar-refractivity contribution in [3.8, 4) is 6.07 Å². The molecule has 0 bridgehead atoms. The van der Waals surface area contributed by atoms with Crippen LogP contribution in [-0.2, 0) is 9.59 Å². The molecule has 0 saturated heterocycles. The highest BCUT2D eigenvalue weighted by atomic mass is 35.5. The Balaban J connectivity index is 2.62. The molecule has 3 N–H and O–H groups in total. The maximum absolute atomic E-state index is 11.9. The number of hydrogen-bond acceptors (Lipinski definition) is 4. The average molecular weight is 321 g/mol. The first kappa shape index (κ1) is 17.5. The topological polar surface area (TPSA) is 94.0 Å². The van der Waals surface area contributed by atoms with Crippen LogP contribution in [0.1, 0.15) is 13.3 Å². The molecule has 1 aromatic rings. The van der Waals surface area contributed by atoms with Gasteiger partial charge >= 0.3 is 0 Å². The lowest BCUT2D eigenvalue weighted by atomic mass is 10.2. The lowest BCUT2D eigenvalue weighted by molar-refractivity contribution is -0.114. The molecule has 0 aromatic heterocycles. The molecule has 2 amide bonds. The lowest BCUT2D eigenvalue weighted by Crippen LogP contribution is -2.17. The Morgan fingerprint density at radius 1 is 1.23 bits per heavy atom. The third-order valence-electron chi connectivity index (χ3n) is 2.53.